The number of hydrogen-bond acceptors (Lipinski definition) is 6. The molecule has 6 heteroatoms. The van der Waals surface area contributed by atoms with Gasteiger partial charge in [-0.1, -0.05) is 371 Å². The van der Waals surface area contributed by atoms with Gasteiger partial charge in [-0.3, -0.25) is 14.4 Å². The van der Waals surface area contributed by atoms with Gasteiger partial charge in [0.25, 0.3) is 0 Å². The van der Waals surface area contributed by atoms with Crippen LogP contribution in [0.15, 0.2) is 48.6 Å². The minimum atomic E-state index is -0.779. The number of carbonyl (C=O) groups excluding carboxylic acids is 3. The van der Waals surface area contributed by atoms with E-state index in [9.17, 15) is 14.4 Å². The lowest BCUT2D eigenvalue weighted by atomic mass is 10.0. The fraction of sp³-hybridized carbons (Fsp3) is 0.855. The third kappa shape index (κ3) is 68.2. The zero-order valence-electron chi connectivity index (χ0n) is 55.3. The summed E-state index contributed by atoms with van der Waals surface area (Å²) in [7, 11) is 0. The normalized spacial score (nSPS) is 12.3. The second kappa shape index (κ2) is 70.9. The second-order valence-electron chi connectivity index (χ2n) is 24.8. The van der Waals surface area contributed by atoms with E-state index in [4.69, 9.17) is 14.2 Å². The zero-order chi connectivity index (χ0) is 59.2. The Morgan fingerprint density at radius 2 is 0.476 bits per heavy atom. The lowest BCUT2D eigenvalue weighted by Crippen LogP contribution is -2.30. The molecule has 6 nitrogen and oxygen atoms in total. The van der Waals surface area contributed by atoms with Gasteiger partial charge in [-0.05, 0) is 57.8 Å². The van der Waals surface area contributed by atoms with Crippen molar-refractivity contribution >= 4 is 17.9 Å². The molecule has 0 aliphatic rings. The quantitative estimate of drug-likeness (QED) is 0.0261. The van der Waals surface area contributed by atoms with E-state index in [2.05, 4.69) is 69.4 Å². The molecule has 0 radical (unpaired) electrons. The summed E-state index contributed by atoms with van der Waals surface area (Å²) in [5.74, 6) is -0.864. The molecular formula is C76H140O6. The first-order chi connectivity index (χ1) is 40.5. The van der Waals surface area contributed by atoms with Crippen molar-refractivity contribution in [3.05, 3.63) is 48.6 Å². The third-order valence-corrected chi connectivity index (χ3v) is 16.6. The summed E-state index contributed by atoms with van der Waals surface area (Å²) in [5.41, 5.74) is 0. The molecule has 1 unspecified atom stereocenters. The van der Waals surface area contributed by atoms with Crippen LogP contribution in [0.5, 0.6) is 0 Å². The van der Waals surface area contributed by atoms with Crippen molar-refractivity contribution in [2.45, 2.75) is 406 Å². The topological polar surface area (TPSA) is 78.9 Å². The van der Waals surface area contributed by atoms with E-state index >= 15 is 0 Å². The van der Waals surface area contributed by atoms with Gasteiger partial charge >= 0.3 is 17.9 Å². The minimum absolute atomic E-state index is 0.0742. The molecule has 0 aliphatic heterocycles. The van der Waals surface area contributed by atoms with Gasteiger partial charge in [0.05, 0.1) is 0 Å². The molecule has 0 spiro atoms. The van der Waals surface area contributed by atoms with Crippen LogP contribution >= 0.6 is 0 Å². The SMILES string of the molecule is CC/C=C\C/C=C\C/C=C\C/C=C\CCCCCCCCC(=O)OC(COC(=O)CCCCCCCCCCCCC)COC(=O)CCCCCCCCCCCCCCCCCCCCCCCCCCCCCCCCCCCC. The number of carbonyl (C=O) groups is 3. The first-order valence-electron chi connectivity index (χ1n) is 36.6. The van der Waals surface area contributed by atoms with Crippen LogP contribution in [0.3, 0.4) is 0 Å². The summed E-state index contributed by atoms with van der Waals surface area (Å²) in [6, 6.07) is 0. The van der Waals surface area contributed by atoms with Crippen LogP contribution in [-0.4, -0.2) is 37.2 Å². The van der Waals surface area contributed by atoms with Crippen molar-refractivity contribution < 1.29 is 28.6 Å². The summed E-state index contributed by atoms with van der Waals surface area (Å²) in [4.78, 5) is 38.3. The lowest BCUT2D eigenvalue weighted by Gasteiger charge is -2.18. The highest BCUT2D eigenvalue weighted by Gasteiger charge is 2.19. The van der Waals surface area contributed by atoms with Crippen molar-refractivity contribution in [3.63, 3.8) is 0 Å². The van der Waals surface area contributed by atoms with Crippen LogP contribution in [0.4, 0.5) is 0 Å². The molecule has 0 aliphatic carbocycles. The number of hydrogen-bond donors (Lipinski definition) is 0. The number of esters is 3. The Morgan fingerprint density at radius 3 is 0.744 bits per heavy atom. The number of allylic oxidation sites excluding steroid dienone is 8. The van der Waals surface area contributed by atoms with E-state index in [-0.39, 0.29) is 31.1 Å². The van der Waals surface area contributed by atoms with Crippen molar-refractivity contribution in [3.8, 4) is 0 Å². The second-order valence-corrected chi connectivity index (χ2v) is 24.8. The van der Waals surface area contributed by atoms with Crippen molar-refractivity contribution in [2.75, 3.05) is 13.2 Å². The molecule has 0 saturated carbocycles. The van der Waals surface area contributed by atoms with Crippen LogP contribution < -0.4 is 0 Å². The molecule has 1 atom stereocenters. The Morgan fingerprint density at radius 1 is 0.256 bits per heavy atom. The molecule has 0 aromatic carbocycles. The molecule has 0 rings (SSSR count). The Bertz CT molecular complexity index is 1410. The molecular weight excluding hydrogens is 1010 g/mol. The lowest BCUT2D eigenvalue weighted by molar-refractivity contribution is -0.167. The molecule has 0 amide bonds. The Hall–Kier alpha value is -2.63. The number of unbranched alkanes of at least 4 members (excludes halogenated alkanes) is 49. The van der Waals surface area contributed by atoms with E-state index in [1.54, 1.807) is 0 Å². The summed E-state index contributed by atoms with van der Waals surface area (Å²) < 4.78 is 16.9. The molecule has 0 fully saturated rings. The first kappa shape index (κ1) is 79.4. The molecule has 0 heterocycles. The maximum atomic E-state index is 12.9. The Labute approximate surface area is 511 Å². The maximum absolute atomic E-state index is 12.9. The maximum Gasteiger partial charge on any atom is 0.306 e. The molecule has 0 saturated heterocycles. The zero-order valence-corrected chi connectivity index (χ0v) is 55.3. The highest BCUT2D eigenvalue weighted by atomic mass is 16.6. The van der Waals surface area contributed by atoms with Gasteiger partial charge in [0.1, 0.15) is 13.2 Å². The smallest absolute Gasteiger partial charge is 0.306 e. The molecule has 0 aromatic heterocycles. The highest BCUT2D eigenvalue weighted by molar-refractivity contribution is 5.71. The predicted octanol–water partition coefficient (Wildman–Crippen LogP) is 25.3. The Kier molecular flexibility index (Phi) is 68.6. The minimum Gasteiger partial charge on any atom is -0.462 e. The molecule has 480 valence electrons. The molecule has 0 aromatic rings. The van der Waals surface area contributed by atoms with Crippen LogP contribution in [0.2, 0.25) is 0 Å². The summed E-state index contributed by atoms with van der Waals surface area (Å²) in [5, 5.41) is 0. The standard InChI is InChI=1S/C76H140O6/c1-4-7-10-13-16-19-22-24-26-28-30-31-32-33-34-35-36-37-38-39-40-41-42-43-44-46-47-49-51-54-57-60-63-66-69-75(78)81-72-73(71-80-74(77)68-65-62-59-56-53-21-18-15-12-9-6-3)82-76(79)70-67-64-61-58-55-52-50-48-45-29-27-25-23-20-17-14-11-8-5-2/h8,11,17,20,25,27,45,48,73H,4-7,9-10,12-16,18-19,21-24,26,28-44,46-47,49-72H2,1-3H3/b11-8-,20-17-,27-25-,48-45-. The first-order valence-corrected chi connectivity index (χ1v) is 36.6. The van der Waals surface area contributed by atoms with E-state index in [1.165, 1.54) is 263 Å². The Balaban J connectivity index is 4.07. The fourth-order valence-corrected chi connectivity index (χ4v) is 11.1. The van der Waals surface area contributed by atoms with E-state index < -0.39 is 6.10 Å². The van der Waals surface area contributed by atoms with Gasteiger partial charge in [0.2, 0.25) is 0 Å². The predicted molar refractivity (Wildman–Crippen MR) is 358 cm³/mol. The largest absolute Gasteiger partial charge is 0.462 e. The fourth-order valence-electron chi connectivity index (χ4n) is 11.1. The van der Waals surface area contributed by atoms with Gasteiger partial charge in [0.15, 0.2) is 6.10 Å². The van der Waals surface area contributed by atoms with Gasteiger partial charge in [-0.2, -0.15) is 0 Å². The van der Waals surface area contributed by atoms with Crippen molar-refractivity contribution in [2.24, 2.45) is 0 Å². The molecule has 0 N–H and O–H groups in total. The van der Waals surface area contributed by atoms with E-state index in [0.29, 0.717) is 19.3 Å². The monoisotopic (exact) mass is 1150 g/mol. The van der Waals surface area contributed by atoms with Crippen LogP contribution in [0.25, 0.3) is 0 Å². The summed E-state index contributed by atoms with van der Waals surface area (Å²) in [6.07, 6.45) is 90.3. The summed E-state index contributed by atoms with van der Waals surface area (Å²) in [6.45, 7) is 6.57. The summed E-state index contributed by atoms with van der Waals surface area (Å²) >= 11 is 0. The average Bonchev–Trinajstić information content (AvgIpc) is 3.47. The van der Waals surface area contributed by atoms with Gasteiger partial charge < -0.3 is 14.2 Å². The molecule has 0 bridgehead atoms. The third-order valence-electron chi connectivity index (χ3n) is 16.6. The molecule has 82 heavy (non-hydrogen) atoms. The van der Waals surface area contributed by atoms with E-state index in [0.717, 1.165) is 96.3 Å². The highest BCUT2D eigenvalue weighted by Crippen LogP contribution is 2.19. The van der Waals surface area contributed by atoms with E-state index in [1.807, 2.05) is 0 Å². The van der Waals surface area contributed by atoms with Crippen molar-refractivity contribution in [1.29, 1.82) is 0 Å². The average molecular weight is 1150 g/mol. The van der Waals surface area contributed by atoms with Crippen molar-refractivity contribution in [1.82, 2.24) is 0 Å². The van der Waals surface area contributed by atoms with Gasteiger partial charge in [-0.15, -0.1) is 0 Å². The van der Waals surface area contributed by atoms with Crippen LogP contribution in [0, 0.1) is 0 Å². The number of rotatable bonds is 68. The number of ether oxygens (including phenoxy) is 3. The van der Waals surface area contributed by atoms with Gasteiger partial charge in [-0.25, -0.2) is 0 Å². The van der Waals surface area contributed by atoms with Crippen LogP contribution in [0.1, 0.15) is 400 Å². The van der Waals surface area contributed by atoms with Crippen LogP contribution in [-0.2, 0) is 28.6 Å². The van der Waals surface area contributed by atoms with Gasteiger partial charge in [0, 0.05) is 19.3 Å².